The van der Waals surface area contributed by atoms with E-state index >= 15 is 0 Å². The van der Waals surface area contributed by atoms with E-state index in [0.29, 0.717) is 17.5 Å². The Morgan fingerprint density at radius 3 is 1.79 bits per heavy atom. The molecule has 12 aromatic rings. The molecule has 0 fully saturated rings. The summed E-state index contributed by atoms with van der Waals surface area (Å²) in [6.45, 7) is 0. The second-order valence-electron chi connectivity index (χ2n) is 15.9. The Bertz CT molecular complexity index is 3720. The van der Waals surface area contributed by atoms with Crippen molar-refractivity contribution in [2.24, 2.45) is 0 Å². The molecular weight excluding hydrogens is 775 g/mol. The molecule has 0 amide bonds. The van der Waals surface area contributed by atoms with Crippen molar-refractivity contribution in [2.45, 2.75) is 0 Å². The average Bonchev–Trinajstić information content (AvgIpc) is 3.87. The highest BCUT2D eigenvalue weighted by atomic mass is 28.3. The zero-order valence-corrected chi connectivity index (χ0v) is 34.2. The Kier molecular flexibility index (Phi) is 7.49. The van der Waals surface area contributed by atoms with Gasteiger partial charge < -0.3 is 4.23 Å². The monoisotopic (exact) mass is 807 g/mol. The zero-order chi connectivity index (χ0) is 40.8. The molecule has 288 valence electrons. The lowest BCUT2D eigenvalue weighted by molar-refractivity contribution is 1.08. The minimum atomic E-state index is -3.28. The molecule has 13 rings (SSSR count). The first kappa shape index (κ1) is 34.6. The Hall–Kier alpha value is -8.20. The SMILES string of the molecule is c1ccc(-c2nc(-c3ccccc3)nc(-c3cc([Si]4(c5ccc6c(ccc7cccnc76)c5)c5ccccc5-c5nc6ccccc6n54)cc4ccc5cccnc5c34)n2)cc1. The molecule has 1 aliphatic rings. The molecule has 8 heteroatoms. The second-order valence-corrected chi connectivity index (χ2v) is 19.5. The molecule has 0 spiro atoms. The Balaban J connectivity index is 1.19. The number of para-hydroxylation sites is 2. The van der Waals surface area contributed by atoms with Crippen LogP contribution >= 0.6 is 0 Å². The van der Waals surface area contributed by atoms with Gasteiger partial charge >= 0.3 is 0 Å². The van der Waals surface area contributed by atoms with Gasteiger partial charge in [-0.1, -0.05) is 158 Å². The lowest BCUT2D eigenvalue weighted by Crippen LogP contribution is -2.70. The van der Waals surface area contributed by atoms with Gasteiger partial charge in [0.25, 0.3) is 8.24 Å². The van der Waals surface area contributed by atoms with Crippen LogP contribution in [0.15, 0.2) is 200 Å². The van der Waals surface area contributed by atoms with E-state index in [1.165, 1.54) is 15.6 Å². The average molecular weight is 808 g/mol. The molecule has 1 unspecified atom stereocenters. The van der Waals surface area contributed by atoms with E-state index in [4.69, 9.17) is 29.9 Å². The van der Waals surface area contributed by atoms with Crippen molar-refractivity contribution in [3.8, 4) is 45.6 Å². The number of hydrogen-bond donors (Lipinski definition) is 0. The van der Waals surface area contributed by atoms with Crippen molar-refractivity contribution in [1.29, 1.82) is 0 Å². The quantitative estimate of drug-likeness (QED) is 0.127. The zero-order valence-electron chi connectivity index (χ0n) is 33.2. The van der Waals surface area contributed by atoms with Gasteiger partial charge in [0.05, 0.1) is 22.1 Å². The van der Waals surface area contributed by atoms with Gasteiger partial charge in [0.15, 0.2) is 17.5 Å². The van der Waals surface area contributed by atoms with E-state index in [1.54, 1.807) is 0 Å². The highest BCUT2D eigenvalue weighted by molar-refractivity contribution is 7.12. The Labute approximate surface area is 356 Å². The maximum absolute atomic E-state index is 5.40. The Morgan fingerprint density at radius 1 is 0.403 bits per heavy atom. The van der Waals surface area contributed by atoms with E-state index in [2.05, 4.69) is 144 Å². The summed E-state index contributed by atoms with van der Waals surface area (Å²) in [5.41, 5.74) is 7.85. The second kappa shape index (κ2) is 13.4. The number of aromatic nitrogens is 7. The predicted octanol–water partition coefficient (Wildman–Crippen LogP) is 10.1. The number of pyridine rings is 2. The first-order valence-electron chi connectivity index (χ1n) is 20.8. The number of rotatable bonds is 5. The molecule has 8 aromatic carbocycles. The summed E-state index contributed by atoms with van der Waals surface area (Å²) < 4.78 is 2.59. The number of fused-ring (bicyclic) bond motifs is 11. The maximum Gasteiger partial charge on any atom is 0.259 e. The summed E-state index contributed by atoms with van der Waals surface area (Å²) in [7, 11) is -3.28. The van der Waals surface area contributed by atoms with E-state index in [9.17, 15) is 0 Å². The molecule has 0 saturated carbocycles. The number of hydrogen-bond acceptors (Lipinski definition) is 6. The van der Waals surface area contributed by atoms with Gasteiger partial charge in [0.1, 0.15) is 5.82 Å². The van der Waals surface area contributed by atoms with Crippen molar-refractivity contribution in [1.82, 2.24) is 34.1 Å². The molecule has 62 heavy (non-hydrogen) atoms. The molecule has 4 aromatic heterocycles. The van der Waals surface area contributed by atoms with Crippen LogP contribution in [0.1, 0.15) is 0 Å². The predicted molar refractivity (Wildman–Crippen MR) is 253 cm³/mol. The molecule has 0 radical (unpaired) electrons. The lowest BCUT2D eigenvalue weighted by atomic mass is 10.00. The van der Waals surface area contributed by atoms with Crippen molar-refractivity contribution in [2.75, 3.05) is 0 Å². The van der Waals surface area contributed by atoms with Gasteiger partial charge in [-0.15, -0.1) is 0 Å². The minimum absolute atomic E-state index is 0.588. The third-order valence-electron chi connectivity index (χ3n) is 12.5. The van der Waals surface area contributed by atoms with Gasteiger partial charge in [0.2, 0.25) is 0 Å². The summed E-state index contributed by atoms with van der Waals surface area (Å²) in [4.78, 5) is 31.1. The van der Waals surface area contributed by atoms with E-state index < -0.39 is 8.24 Å². The van der Waals surface area contributed by atoms with Crippen LogP contribution < -0.4 is 15.6 Å². The first-order chi connectivity index (χ1) is 30.7. The van der Waals surface area contributed by atoms with Crippen LogP contribution in [0.4, 0.5) is 0 Å². The fourth-order valence-electron chi connectivity index (χ4n) is 9.81. The Morgan fingerprint density at radius 2 is 1.02 bits per heavy atom. The van der Waals surface area contributed by atoms with E-state index in [0.717, 1.165) is 82.5 Å². The molecule has 1 aliphatic heterocycles. The topological polar surface area (TPSA) is 82.3 Å². The highest BCUT2D eigenvalue weighted by Gasteiger charge is 2.51. The van der Waals surface area contributed by atoms with E-state index in [-0.39, 0.29) is 0 Å². The van der Waals surface area contributed by atoms with Crippen LogP contribution in [-0.4, -0.2) is 42.4 Å². The van der Waals surface area contributed by atoms with Crippen LogP contribution in [0.25, 0.3) is 99.9 Å². The third kappa shape index (κ3) is 5.04. The summed E-state index contributed by atoms with van der Waals surface area (Å²) >= 11 is 0. The minimum Gasteiger partial charge on any atom is -0.339 e. The molecule has 0 N–H and O–H groups in total. The number of nitrogens with zero attached hydrogens (tertiary/aromatic N) is 7. The van der Waals surface area contributed by atoms with Crippen molar-refractivity contribution < 1.29 is 0 Å². The molecule has 0 saturated heterocycles. The van der Waals surface area contributed by atoms with Crippen LogP contribution in [0.3, 0.4) is 0 Å². The standard InChI is InChI=1S/C54H33N7Si/c1-3-13-36(14-4-1)51-58-52(37-15-5-2-6-16-37)60-53(59-51)44-33-41(32-39-26-24-35-18-12-30-56-50(35)48(39)44)62(40-27-28-42-38(31-40)25-23-34-17-11-29-55-49(34)42)47-22-10-7-19-43(47)54-57-45-20-8-9-21-46(45)61(54)62/h1-33H. The van der Waals surface area contributed by atoms with Crippen LogP contribution in [0.5, 0.6) is 0 Å². The van der Waals surface area contributed by atoms with Gasteiger partial charge in [-0.3, -0.25) is 9.97 Å². The van der Waals surface area contributed by atoms with Crippen LogP contribution in [0.2, 0.25) is 0 Å². The third-order valence-corrected chi connectivity index (χ3v) is 17.1. The van der Waals surface area contributed by atoms with Gasteiger partial charge in [-0.2, -0.15) is 0 Å². The van der Waals surface area contributed by atoms with Gasteiger partial charge in [-0.25, -0.2) is 19.9 Å². The van der Waals surface area contributed by atoms with Crippen molar-refractivity contribution in [3.05, 3.63) is 200 Å². The maximum atomic E-state index is 5.40. The lowest BCUT2D eigenvalue weighted by Gasteiger charge is -2.33. The first-order valence-corrected chi connectivity index (χ1v) is 22.7. The molecule has 1 atom stereocenters. The molecule has 5 heterocycles. The molecule has 0 bridgehead atoms. The van der Waals surface area contributed by atoms with E-state index in [1.807, 2.05) is 60.9 Å². The van der Waals surface area contributed by atoms with Crippen molar-refractivity contribution >= 4 is 78.2 Å². The van der Waals surface area contributed by atoms with Crippen molar-refractivity contribution in [3.63, 3.8) is 0 Å². The van der Waals surface area contributed by atoms with Gasteiger partial charge in [-0.05, 0) is 56.7 Å². The summed E-state index contributed by atoms with van der Waals surface area (Å²) in [5.74, 6) is 2.79. The molecule has 7 nitrogen and oxygen atoms in total. The van der Waals surface area contributed by atoms with Crippen LogP contribution in [0, 0.1) is 0 Å². The molecule has 0 aliphatic carbocycles. The number of benzene rings is 8. The fraction of sp³-hybridized carbons (Fsp3) is 0. The molecular formula is C54H33N7Si. The summed E-state index contributed by atoms with van der Waals surface area (Å²) in [6.07, 6.45) is 3.75. The highest BCUT2D eigenvalue weighted by Crippen LogP contribution is 2.39. The smallest absolute Gasteiger partial charge is 0.259 e. The largest absolute Gasteiger partial charge is 0.339 e. The normalized spacial score (nSPS) is 14.5. The fourth-order valence-corrected chi connectivity index (χ4v) is 14.9. The van der Waals surface area contributed by atoms with Crippen LogP contribution in [-0.2, 0) is 0 Å². The summed E-state index contributed by atoms with van der Waals surface area (Å²) in [6, 6.07) is 66.7. The number of imidazole rings is 1. The van der Waals surface area contributed by atoms with Gasteiger partial charge in [0, 0.05) is 56.2 Å². The summed E-state index contributed by atoms with van der Waals surface area (Å²) in [5, 5.41) is 10.2.